The van der Waals surface area contributed by atoms with E-state index in [1.165, 1.54) is 38.5 Å². The van der Waals surface area contributed by atoms with Crippen LogP contribution in [0.15, 0.2) is 0 Å². The minimum atomic E-state index is -4.80. The highest BCUT2D eigenvalue weighted by Crippen LogP contribution is 2.14. The van der Waals surface area contributed by atoms with E-state index in [1.54, 1.807) is 0 Å². The second-order valence-electron chi connectivity index (χ2n) is 8.49. The Morgan fingerprint density at radius 1 is 0.588 bits per heavy atom. The van der Waals surface area contributed by atoms with Gasteiger partial charge in [0.2, 0.25) is 0 Å². The number of unbranched alkanes of at least 4 members (excludes halogenated alkanes) is 14. The second kappa shape index (κ2) is 24.3. The molecule has 0 saturated heterocycles. The number of halogens is 3. The number of nitrogens with one attached hydrogen (secondary N) is 1. The lowest BCUT2D eigenvalue weighted by atomic mass is 10.1. The van der Waals surface area contributed by atoms with Crippen LogP contribution in [-0.2, 0) is 14.4 Å². The fraction of sp³-hybridized carbons (Fsp3) is 0.875. The molecule has 0 aromatic rings. The van der Waals surface area contributed by atoms with Gasteiger partial charge >= 0.3 is 24.0 Å². The summed E-state index contributed by atoms with van der Waals surface area (Å²) in [6, 6.07) is 0. The van der Waals surface area contributed by atoms with Gasteiger partial charge in [0.25, 0.3) is 0 Å². The maximum Gasteiger partial charge on any atom is 0.471 e. The first-order valence-electron chi connectivity index (χ1n) is 12.6. The van der Waals surface area contributed by atoms with E-state index >= 15 is 0 Å². The zero-order chi connectivity index (χ0) is 26.1. The van der Waals surface area contributed by atoms with Gasteiger partial charge < -0.3 is 21.3 Å². The number of hydrogen-bond acceptors (Lipinski definition) is 4. The number of rotatable bonds is 21. The van der Waals surface area contributed by atoms with E-state index in [0.29, 0.717) is 19.3 Å². The molecule has 10 heteroatoms. The largest absolute Gasteiger partial charge is 0.481 e. The summed E-state index contributed by atoms with van der Waals surface area (Å²) in [7, 11) is 0. The fourth-order valence-corrected chi connectivity index (χ4v) is 3.25. The molecule has 0 heterocycles. The van der Waals surface area contributed by atoms with Crippen molar-refractivity contribution in [3.63, 3.8) is 0 Å². The zero-order valence-electron chi connectivity index (χ0n) is 20.5. The van der Waals surface area contributed by atoms with Crippen LogP contribution in [0.25, 0.3) is 0 Å². The Morgan fingerprint density at radius 2 is 0.912 bits per heavy atom. The molecule has 1 amide bonds. The van der Waals surface area contributed by atoms with Crippen LogP contribution >= 0.6 is 0 Å². The third-order valence-corrected chi connectivity index (χ3v) is 5.21. The van der Waals surface area contributed by atoms with Crippen LogP contribution in [0, 0.1) is 0 Å². The van der Waals surface area contributed by atoms with E-state index in [1.807, 2.05) is 5.32 Å². The lowest BCUT2D eigenvalue weighted by Crippen LogP contribution is -2.37. The predicted octanol–water partition coefficient (Wildman–Crippen LogP) is 5.80. The summed E-state index contributed by atoms with van der Waals surface area (Å²) in [5.41, 5.74) is 5.40. The van der Waals surface area contributed by atoms with Crippen LogP contribution in [0.1, 0.15) is 116 Å². The minimum Gasteiger partial charge on any atom is -0.481 e. The van der Waals surface area contributed by atoms with Gasteiger partial charge in [0.05, 0.1) is 0 Å². The van der Waals surface area contributed by atoms with Gasteiger partial charge in [0.15, 0.2) is 0 Å². The van der Waals surface area contributed by atoms with Crippen molar-refractivity contribution in [2.45, 2.75) is 122 Å². The molecule has 202 valence electrons. The van der Waals surface area contributed by atoms with E-state index < -0.39 is 24.0 Å². The van der Waals surface area contributed by atoms with E-state index in [0.717, 1.165) is 57.9 Å². The molecule has 0 aliphatic heterocycles. The number of hydrogen-bond donors (Lipinski definition) is 4. The number of carboxylic acids is 2. The second-order valence-corrected chi connectivity index (χ2v) is 8.49. The highest BCUT2D eigenvalue weighted by Gasteiger charge is 2.38. The van der Waals surface area contributed by atoms with Crippen LogP contribution in [0.5, 0.6) is 0 Å². The molecule has 0 unspecified atom stereocenters. The molecule has 7 nitrogen and oxygen atoms in total. The molecular weight excluding hydrogens is 453 g/mol. The maximum atomic E-state index is 11.8. The summed E-state index contributed by atoms with van der Waals surface area (Å²) < 4.78 is 35.4. The lowest BCUT2D eigenvalue weighted by molar-refractivity contribution is -0.173. The molecule has 0 aliphatic carbocycles. The molecular formula is C24H45F3N2O5. The normalized spacial score (nSPS) is 10.9. The molecule has 0 spiro atoms. The number of carboxylic acid groups (broad SMARTS) is 2. The number of aliphatic carboxylic acids is 2. The number of nitrogens with two attached hydrogens (primary N) is 1. The third-order valence-electron chi connectivity index (χ3n) is 5.21. The third kappa shape index (κ3) is 30.2. The molecule has 0 rings (SSSR count). The number of alkyl halides is 3. The average Bonchev–Trinajstić information content (AvgIpc) is 2.75. The van der Waals surface area contributed by atoms with Crippen molar-refractivity contribution in [2.75, 3.05) is 13.1 Å². The van der Waals surface area contributed by atoms with Crippen molar-refractivity contribution in [1.29, 1.82) is 0 Å². The first-order valence-corrected chi connectivity index (χ1v) is 12.6. The molecule has 0 aromatic heterocycles. The Morgan fingerprint density at radius 3 is 1.24 bits per heavy atom. The van der Waals surface area contributed by atoms with Gasteiger partial charge in [-0.3, -0.25) is 14.4 Å². The molecule has 0 aromatic carbocycles. The lowest BCUT2D eigenvalue weighted by Gasteiger charge is -2.07. The number of carbonyl (C=O) groups is 3. The van der Waals surface area contributed by atoms with E-state index in [4.69, 9.17) is 15.9 Å². The van der Waals surface area contributed by atoms with Crippen molar-refractivity contribution >= 4 is 17.8 Å². The summed E-state index contributed by atoms with van der Waals surface area (Å²) in [6.07, 6.45) is 11.9. The van der Waals surface area contributed by atoms with Crippen LogP contribution in [-0.4, -0.2) is 47.3 Å². The van der Waals surface area contributed by atoms with Gasteiger partial charge in [-0.05, 0) is 32.2 Å². The molecule has 5 N–H and O–H groups in total. The molecule has 34 heavy (non-hydrogen) atoms. The summed E-state index contributed by atoms with van der Waals surface area (Å²) in [4.78, 5) is 30.9. The van der Waals surface area contributed by atoms with Gasteiger partial charge in [-0.2, -0.15) is 13.2 Å². The summed E-state index contributed by atoms with van der Waals surface area (Å²) in [5, 5.41) is 18.6. The van der Waals surface area contributed by atoms with Crippen LogP contribution < -0.4 is 11.1 Å². The Kier molecular flexibility index (Phi) is 24.5. The Balaban J connectivity index is 0. The first kappa shape index (κ1) is 34.3. The molecule has 0 radical (unpaired) electrons. The van der Waals surface area contributed by atoms with E-state index in [-0.39, 0.29) is 13.0 Å². The summed E-state index contributed by atoms with van der Waals surface area (Å²) in [5.74, 6) is -3.35. The Bertz CT molecular complexity index is 517. The highest BCUT2D eigenvalue weighted by atomic mass is 19.4. The Hall–Kier alpha value is -1.84. The van der Waals surface area contributed by atoms with Gasteiger partial charge in [0, 0.05) is 19.4 Å². The first-order chi connectivity index (χ1) is 16.1. The van der Waals surface area contributed by atoms with Crippen molar-refractivity contribution in [2.24, 2.45) is 5.73 Å². The smallest absolute Gasteiger partial charge is 0.471 e. The monoisotopic (exact) mass is 498 g/mol. The summed E-state index contributed by atoms with van der Waals surface area (Å²) >= 11 is 0. The maximum absolute atomic E-state index is 11.8. The molecule has 0 atom stereocenters. The Labute approximate surface area is 202 Å². The van der Waals surface area contributed by atoms with Crippen molar-refractivity contribution in [1.82, 2.24) is 5.32 Å². The summed E-state index contributed by atoms with van der Waals surface area (Å²) in [6.45, 7) is 0.854. The van der Waals surface area contributed by atoms with Gasteiger partial charge in [-0.15, -0.1) is 0 Å². The average molecular weight is 499 g/mol. The fourth-order valence-electron chi connectivity index (χ4n) is 3.25. The zero-order valence-corrected chi connectivity index (χ0v) is 20.5. The molecule has 0 aliphatic rings. The molecule has 0 bridgehead atoms. The SMILES string of the molecule is NCCCCCCCCCCCC(=O)O.O=C(O)CCCCCCCCCNC(=O)C(F)(F)F. The van der Waals surface area contributed by atoms with Crippen molar-refractivity contribution < 1.29 is 37.8 Å². The van der Waals surface area contributed by atoms with Crippen molar-refractivity contribution in [3.05, 3.63) is 0 Å². The molecule has 0 fully saturated rings. The van der Waals surface area contributed by atoms with E-state index in [2.05, 4.69) is 0 Å². The predicted molar refractivity (Wildman–Crippen MR) is 126 cm³/mol. The van der Waals surface area contributed by atoms with Crippen LogP contribution in [0.2, 0.25) is 0 Å². The van der Waals surface area contributed by atoms with Crippen LogP contribution in [0.3, 0.4) is 0 Å². The number of carbonyl (C=O) groups excluding carboxylic acids is 1. The minimum absolute atomic E-state index is 0.0390. The number of amides is 1. The van der Waals surface area contributed by atoms with Gasteiger partial charge in [-0.25, -0.2) is 0 Å². The van der Waals surface area contributed by atoms with E-state index in [9.17, 15) is 27.6 Å². The highest BCUT2D eigenvalue weighted by molar-refractivity contribution is 5.81. The standard InChI is InChI=1S/C12H20F3NO3.C12H25NO2/c13-12(14,15)11(19)16-9-7-5-3-1-2-4-6-8-10(17)18;13-11-9-7-5-3-1-2-4-6-8-10-12(14)15/h1-9H2,(H,16,19)(H,17,18);1-11,13H2,(H,14,15). The van der Waals surface area contributed by atoms with Crippen molar-refractivity contribution in [3.8, 4) is 0 Å². The topological polar surface area (TPSA) is 130 Å². The molecule has 0 saturated carbocycles. The van der Waals surface area contributed by atoms with Crippen LogP contribution in [0.4, 0.5) is 13.2 Å². The van der Waals surface area contributed by atoms with Gasteiger partial charge in [-0.1, -0.05) is 77.0 Å². The van der Waals surface area contributed by atoms with Gasteiger partial charge in [0.1, 0.15) is 0 Å². The quantitative estimate of drug-likeness (QED) is 0.148.